The Hall–Kier alpha value is -2.50. The highest BCUT2D eigenvalue weighted by Gasteiger charge is 2.28. The van der Waals surface area contributed by atoms with E-state index in [0.717, 1.165) is 60.3 Å². The van der Waals surface area contributed by atoms with Gasteiger partial charge >= 0.3 is 0 Å². The number of Topliss-reactive ketones (excluding diaryl/α,β-unsaturated/α-hetero) is 1. The van der Waals surface area contributed by atoms with Crippen molar-refractivity contribution >= 4 is 17.4 Å². The maximum Gasteiger partial charge on any atom is 0.238 e. The lowest BCUT2D eigenvalue weighted by Crippen LogP contribution is -2.53. The van der Waals surface area contributed by atoms with Crippen molar-refractivity contribution < 1.29 is 14.1 Å². The van der Waals surface area contributed by atoms with E-state index in [1.165, 1.54) is 16.7 Å². The Morgan fingerprint density at radius 2 is 1.46 bits per heavy atom. The predicted molar refractivity (Wildman–Crippen MR) is 147 cm³/mol. The van der Waals surface area contributed by atoms with E-state index in [0.29, 0.717) is 25.3 Å². The molecule has 1 unspecified atom stereocenters. The summed E-state index contributed by atoms with van der Waals surface area (Å²) in [5, 5.41) is 3.08. The molecular formula is C30H46N3O2+. The molecule has 0 saturated carbocycles. The summed E-state index contributed by atoms with van der Waals surface area (Å²) in [5.41, 5.74) is 6.65. The summed E-state index contributed by atoms with van der Waals surface area (Å²) in [5.74, 6) is 0.331. The van der Waals surface area contributed by atoms with Crippen molar-refractivity contribution in [3.05, 3.63) is 64.2 Å². The van der Waals surface area contributed by atoms with E-state index >= 15 is 0 Å². The molecule has 2 aromatic rings. The molecule has 0 aromatic heterocycles. The van der Waals surface area contributed by atoms with Gasteiger partial charge in [0.25, 0.3) is 0 Å². The number of anilines is 1. The lowest BCUT2D eigenvalue weighted by molar-refractivity contribution is -0.919. The van der Waals surface area contributed by atoms with Gasteiger partial charge in [0.05, 0.1) is 26.2 Å². The number of para-hydroxylation sites is 1. The summed E-state index contributed by atoms with van der Waals surface area (Å²) < 4.78 is 0.822. The van der Waals surface area contributed by atoms with Crippen molar-refractivity contribution in [2.75, 3.05) is 51.6 Å². The summed E-state index contributed by atoms with van der Waals surface area (Å²) >= 11 is 0. The largest absolute Gasteiger partial charge is 0.324 e. The van der Waals surface area contributed by atoms with Crippen molar-refractivity contribution in [3.8, 4) is 0 Å². The minimum atomic E-state index is 0.0125. The minimum absolute atomic E-state index is 0.0125. The Labute approximate surface area is 213 Å². The molecule has 0 fully saturated rings. The molecule has 35 heavy (non-hydrogen) atoms. The van der Waals surface area contributed by atoms with Crippen LogP contribution in [0.2, 0.25) is 0 Å². The Morgan fingerprint density at radius 1 is 0.886 bits per heavy atom. The zero-order valence-corrected chi connectivity index (χ0v) is 23.0. The highest BCUT2D eigenvalue weighted by atomic mass is 16.2. The molecule has 5 nitrogen and oxygen atoms in total. The van der Waals surface area contributed by atoms with Gasteiger partial charge in [-0.25, -0.2) is 0 Å². The molecule has 2 rings (SSSR count). The van der Waals surface area contributed by atoms with Crippen LogP contribution < -0.4 is 5.32 Å². The summed E-state index contributed by atoms with van der Waals surface area (Å²) in [6, 6.07) is 12.3. The standard InChI is InChI=1S/C30H45N3O2/c1-8-18-33(9-2,22-27(34)20-28-23(3)13-10-14-24(28)4)19-12-17-32(7)21-29(35)31-30-25(5)15-11-16-26(30)6/h10-11,13-16H,8-9,12,17-22H2,1-7H3/p+1. The zero-order valence-electron chi connectivity index (χ0n) is 23.0. The first-order valence-corrected chi connectivity index (χ1v) is 13.1. The number of aryl methyl sites for hydroxylation is 4. The van der Waals surface area contributed by atoms with Gasteiger partial charge < -0.3 is 9.80 Å². The number of nitrogens with zero attached hydrogens (tertiary/aromatic N) is 2. The molecule has 0 radical (unpaired) electrons. The van der Waals surface area contributed by atoms with Crippen LogP contribution in [0.5, 0.6) is 0 Å². The predicted octanol–water partition coefficient (Wildman–Crippen LogP) is 5.24. The number of rotatable bonds is 14. The molecule has 1 atom stereocenters. The Bertz CT molecular complexity index is 961. The van der Waals surface area contributed by atoms with Crippen LogP contribution in [-0.4, -0.2) is 67.4 Å². The number of quaternary nitrogens is 1. The number of benzene rings is 2. The summed E-state index contributed by atoms with van der Waals surface area (Å²) in [6.07, 6.45) is 2.52. The highest BCUT2D eigenvalue weighted by Crippen LogP contribution is 2.20. The third-order valence-corrected chi connectivity index (χ3v) is 7.23. The molecule has 5 heteroatoms. The summed E-state index contributed by atoms with van der Waals surface area (Å²) in [4.78, 5) is 27.9. The topological polar surface area (TPSA) is 49.4 Å². The lowest BCUT2D eigenvalue weighted by Gasteiger charge is -2.37. The van der Waals surface area contributed by atoms with Gasteiger partial charge in [0.1, 0.15) is 6.54 Å². The molecule has 0 bridgehead atoms. The third-order valence-electron chi connectivity index (χ3n) is 7.23. The van der Waals surface area contributed by atoms with Gasteiger partial charge in [-0.2, -0.15) is 0 Å². The van der Waals surface area contributed by atoms with E-state index in [1.807, 2.05) is 39.1 Å². The van der Waals surface area contributed by atoms with Crippen molar-refractivity contribution in [1.29, 1.82) is 0 Å². The van der Waals surface area contributed by atoms with E-state index in [2.05, 4.69) is 56.1 Å². The van der Waals surface area contributed by atoms with E-state index < -0.39 is 0 Å². The highest BCUT2D eigenvalue weighted by molar-refractivity contribution is 5.93. The average molecular weight is 481 g/mol. The number of nitrogens with one attached hydrogen (secondary N) is 1. The minimum Gasteiger partial charge on any atom is -0.324 e. The van der Waals surface area contributed by atoms with Gasteiger partial charge in [-0.1, -0.05) is 43.3 Å². The fourth-order valence-corrected chi connectivity index (χ4v) is 5.12. The first kappa shape index (κ1) is 28.7. The van der Waals surface area contributed by atoms with Crippen LogP contribution in [0, 0.1) is 27.7 Å². The van der Waals surface area contributed by atoms with Crippen molar-refractivity contribution in [3.63, 3.8) is 0 Å². The first-order valence-electron chi connectivity index (χ1n) is 13.1. The van der Waals surface area contributed by atoms with Crippen LogP contribution in [0.3, 0.4) is 0 Å². The molecule has 0 saturated heterocycles. The number of amides is 1. The van der Waals surface area contributed by atoms with Gasteiger partial charge in [-0.05, 0) is 75.9 Å². The number of likely N-dealkylation sites (N-methyl/N-ethyl adjacent to an activating group) is 2. The second-order valence-electron chi connectivity index (χ2n) is 10.3. The second kappa shape index (κ2) is 13.6. The van der Waals surface area contributed by atoms with Gasteiger partial charge in [0.15, 0.2) is 5.78 Å². The van der Waals surface area contributed by atoms with Gasteiger partial charge in [0.2, 0.25) is 5.91 Å². The van der Waals surface area contributed by atoms with E-state index in [9.17, 15) is 9.59 Å². The molecule has 0 aliphatic heterocycles. The third kappa shape index (κ3) is 8.59. The fourth-order valence-electron chi connectivity index (χ4n) is 5.12. The lowest BCUT2D eigenvalue weighted by atomic mass is 9.97. The van der Waals surface area contributed by atoms with Crippen LogP contribution >= 0.6 is 0 Å². The first-order chi connectivity index (χ1) is 16.6. The normalized spacial score (nSPS) is 13.0. The Morgan fingerprint density at radius 3 is 2.00 bits per heavy atom. The van der Waals surface area contributed by atoms with Crippen molar-refractivity contribution in [1.82, 2.24) is 4.90 Å². The molecule has 0 spiro atoms. The van der Waals surface area contributed by atoms with E-state index in [-0.39, 0.29) is 5.91 Å². The smallest absolute Gasteiger partial charge is 0.238 e. The molecule has 1 amide bonds. The Kier molecular flexibility index (Phi) is 11.1. The fraction of sp³-hybridized carbons (Fsp3) is 0.533. The molecular weight excluding hydrogens is 434 g/mol. The number of carbonyl (C=O) groups is 2. The molecule has 1 N–H and O–H groups in total. The summed E-state index contributed by atoms with van der Waals surface area (Å²) in [6.45, 7) is 17.3. The van der Waals surface area contributed by atoms with Crippen LogP contribution in [0.1, 0.15) is 54.5 Å². The zero-order chi connectivity index (χ0) is 26.0. The molecule has 2 aromatic carbocycles. The van der Waals surface area contributed by atoms with Crippen LogP contribution in [0.4, 0.5) is 5.69 Å². The molecule has 0 aliphatic carbocycles. The molecule has 192 valence electrons. The van der Waals surface area contributed by atoms with Crippen LogP contribution in [-0.2, 0) is 16.0 Å². The van der Waals surface area contributed by atoms with E-state index in [4.69, 9.17) is 0 Å². The average Bonchev–Trinajstić information content (AvgIpc) is 2.79. The van der Waals surface area contributed by atoms with Crippen LogP contribution in [0.15, 0.2) is 36.4 Å². The number of hydrogen-bond acceptors (Lipinski definition) is 3. The maximum atomic E-state index is 13.2. The second-order valence-corrected chi connectivity index (χ2v) is 10.3. The van der Waals surface area contributed by atoms with E-state index in [1.54, 1.807) is 0 Å². The van der Waals surface area contributed by atoms with Gasteiger partial charge in [-0.15, -0.1) is 0 Å². The number of ketones is 1. The van der Waals surface area contributed by atoms with Crippen molar-refractivity contribution in [2.24, 2.45) is 0 Å². The summed E-state index contributed by atoms with van der Waals surface area (Å²) in [7, 11) is 2.00. The van der Waals surface area contributed by atoms with Gasteiger partial charge in [0, 0.05) is 25.1 Å². The molecule has 0 heterocycles. The Balaban J connectivity index is 1.92. The quantitative estimate of drug-likeness (QED) is 0.376. The number of carbonyl (C=O) groups excluding carboxylic acids is 2. The van der Waals surface area contributed by atoms with Crippen molar-refractivity contribution in [2.45, 2.75) is 60.8 Å². The van der Waals surface area contributed by atoms with Crippen LogP contribution in [0.25, 0.3) is 0 Å². The van der Waals surface area contributed by atoms with Gasteiger partial charge in [-0.3, -0.25) is 14.5 Å². The maximum absolute atomic E-state index is 13.2. The SMILES string of the molecule is CCC[N+](CC)(CCCN(C)CC(=O)Nc1c(C)cccc1C)CC(=O)Cc1c(C)cccc1C. The molecule has 0 aliphatic rings. The monoisotopic (exact) mass is 480 g/mol. The number of hydrogen-bond donors (Lipinski definition) is 1.